The molecule has 1 aromatic carbocycles. The molecule has 0 saturated carbocycles. The SMILES string of the molecule is CCN1/C(=C/C=C(C#N)C#N)C=Cc2ccccc21. The number of nitrogens with zero attached hydrogens (tertiary/aromatic N) is 3. The maximum absolute atomic E-state index is 8.73. The Kier molecular flexibility index (Phi) is 3.81. The molecule has 0 spiro atoms. The summed E-state index contributed by atoms with van der Waals surface area (Å²) in [4.78, 5) is 2.15. The molecule has 1 aliphatic heterocycles. The molecule has 0 bridgehead atoms. The predicted molar refractivity (Wildman–Crippen MR) is 75.9 cm³/mol. The van der Waals surface area contributed by atoms with Crippen LogP contribution in [0.25, 0.3) is 6.08 Å². The predicted octanol–water partition coefficient (Wildman–Crippen LogP) is 3.40. The maximum atomic E-state index is 8.73. The summed E-state index contributed by atoms with van der Waals surface area (Å²) in [7, 11) is 0. The number of hydrogen-bond donors (Lipinski definition) is 0. The largest absolute Gasteiger partial charge is 0.341 e. The molecule has 0 aliphatic carbocycles. The van der Waals surface area contributed by atoms with Gasteiger partial charge in [-0.15, -0.1) is 0 Å². The Morgan fingerprint density at radius 3 is 2.63 bits per heavy atom. The zero-order valence-electron chi connectivity index (χ0n) is 10.7. The van der Waals surface area contributed by atoms with Crippen molar-refractivity contribution in [1.82, 2.24) is 0 Å². The summed E-state index contributed by atoms with van der Waals surface area (Å²) in [5.41, 5.74) is 3.40. The summed E-state index contributed by atoms with van der Waals surface area (Å²) >= 11 is 0. The monoisotopic (exact) mass is 247 g/mol. The standard InChI is InChI=1S/C16H13N3/c1-2-19-15(9-7-13(11-17)12-18)10-8-14-5-3-4-6-16(14)19/h3-10H,2H2,1H3/b15-9+. The summed E-state index contributed by atoms with van der Waals surface area (Å²) in [6.07, 6.45) is 7.39. The summed E-state index contributed by atoms with van der Waals surface area (Å²) < 4.78 is 0. The molecular weight excluding hydrogens is 234 g/mol. The maximum Gasteiger partial charge on any atom is 0.129 e. The molecule has 0 radical (unpaired) electrons. The molecule has 92 valence electrons. The van der Waals surface area contributed by atoms with E-state index in [1.807, 2.05) is 36.4 Å². The molecule has 1 aliphatic rings. The number of hydrogen-bond acceptors (Lipinski definition) is 3. The summed E-state index contributed by atoms with van der Waals surface area (Å²) in [6.45, 7) is 2.90. The highest BCUT2D eigenvalue weighted by atomic mass is 15.1. The fourth-order valence-corrected chi connectivity index (χ4v) is 2.05. The lowest BCUT2D eigenvalue weighted by atomic mass is 10.1. The van der Waals surface area contributed by atoms with E-state index in [2.05, 4.69) is 24.0 Å². The Morgan fingerprint density at radius 1 is 1.21 bits per heavy atom. The highest BCUT2D eigenvalue weighted by molar-refractivity contribution is 5.76. The lowest BCUT2D eigenvalue weighted by molar-refractivity contribution is 0.971. The van der Waals surface area contributed by atoms with E-state index in [0.29, 0.717) is 0 Å². The van der Waals surface area contributed by atoms with E-state index in [1.54, 1.807) is 12.2 Å². The van der Waals surface area contributed by atoms with Crippen molar-refractivity contribution in [3.8, 4) is 12.1 Å². The van der Waals surface area contributed by atoms with Crippen LogP contribution in [0.15, 0.2) is 53.8 Å². The molecular formula is C16H13N3. The van der Waals surface area contributed by atoms with Crippen LogP contribution in [0, 0.1) is 22.7 Å². The topological polar surface area (TPSA) is 50.8 Å². The molecule has 2 rings (SSSR count). The van der Waals surface area contributed by atoms with Crippen LogP contribution >= 0.6 is 0 Å². The third-order valence-electron chi connectivity index (χ3n) is 2.95. The van der Waals surface area contributed by atoms with E-state index in [1.165, 1.54) is 5.56 Å². The Hall–Kier alpha value is -2.78. The van der Waals surface area contributed by atoms with Crippen LogP contribution in [-0.4, -0.2) is 6.54 Å². The van der Waals surface area contributed by atoms with Crippen LogP contribution in [0.3, 0.4) is 0 Å². The van der Waals surface area contributed by atoms with Crippen LogP contribution < -0.4 is 4.90 Å². The van der Waals surface area contributed by atoms with Crippen LogP contribution in [0.4, 0.5) is 5.69 Å². The van der Waals surface area contributed by atoms with Gasteiger partial charge in [-0.3, -0.25) is 0 Å². The van der Waals surface area contributed by atoms with Gasteiger partial charge in [0.05, 0.1) is 0 Å². The number of rotatable bonds is 2. The van der Waals surface area contributed by atoms with Crippen LogP contribution in [0.1, 0.15) is 12.5 Å². The molecule has 0 fully saturated rings. The first kappa shape index (κ1) is 12.7. The quantitative estimate of drug-likeness (QED) is 0.752. The van der Waals surface area contributed by atoms with Crippen molar-refractivity contribution in [3.05, 3.63) is 59.3 Å². The van der Waals surface area contributed by atoms with E-state index in [-0.39, 0.29) is 5.57 Å². The van der Waals surface area contributed by atoms with Gasteiger partial charge in [-0.25, -0.2) is 0 Å². The van der Waals surface area contributed by atoms with Crippen molar-refractivity contribution in [2.45, 2.75) is 6.92 Å². The van der Waals surface area contributed by atoms with Gasteiger partial charge in [0.1, 0.15) is 17.7 Å². The molecule has 3 heteroatoms. The molecule has 0 saturated heterocycles. The van der Waals surface area contributed by atoms with Gasteiger partial charge in [0, 0.05) is 17.9 Å². The fourth-order valence-electron chi connectivity index (χ4n) is 2.05. The van der Waals surface area contributed by atoms with Gasteiger partial charge in [-0.05, 0) is 36.8 Å². The Morgan fingerprint density at radius 2 is 1.95 bits per heavy atom. The first-order valence-electron chi connectivity index (χ1n) is 6.07. The average Bonchev–Trinajstić information content (AvgIpc) is 2.47. The fraction of sp³-hybridized carbons (Fsp3) is 0.125. The second-order valence-electron chi connectivity index (χ2n) is 4.03. The lowest BCUT2D eigenvalue weighted by Gasteiger charge is -2.29. The summed E-state index contributed by atoms with van der Waals surface area (Å²) in [5.74, 6) is 0. The molecule has 0 unspecified atom stereocenters. The van der Waals surface area contributed by atoms with Crippen molar-refractivity contribution in [2.24, 2.45) is 0 Å². The van der Waals surface area contributed by atoms with Crippen molar-refractivity contribution in [2.75, 3.05) is 11.4 Å². The number of allylic oxidation sites excluding steroid dienone is 4. The molecule has 0 atom stereocenters. The minimum absolute atomic E-state index is 0.107. The van der Waals surface area contributed by atoms with Crippen LogP contribution in [-0.2, 0) is 0 Å². The van der Waals surface area contributed by atoms with Gasteiger partial charge in [0.25, 0.3) is 0 Å². The lowest BCUT2D eigenvalue weighted by Crippen LogP contribution is -2.23. The molecule has 0 amide bonds. The van der Waals surface area contributed by atoms with Gasteiger partial charge in [-0.1, -0.05) is 24.3 Å². The number of nitriles is 2. The minimum atomic E-state index is 0.107. The number of benzene rings is 1. The molecule has 0 N–H and O–H groups in total. The van der Waals surface area contributed by atoms with Crippen molar-refractivity contribution >= 4 is 11.8 Å². The molecule has 1 heterocycles. The first-order chi connectivity index (χ1) is 9.30. The van der Waals surface area contributed by atoms with E-state index >= 15 is 0 Å². The highest BCUT2D eigenvalue weighted by Crippen LogP contribution is 2.30. The molecule has 3 nitrogen and oxygen atoms in total. The van der Waals surface area contributed by atoms with E-state index < -0.39 is 0 Å². The van der Waals surface area contributed by atoms with E-state index in [0.717, 1.165) is 17.9 Å². The zero-order chi connectivity index (χ0) is 13.7. The van der Waals surface area contributed by atoms with E-state index in [4.69, 9.17) is 10.5 Å². The van der Waals surface area contributed by atoms with E-state index in [9.17, 15) is 0 Å². The van der Waals surface area contributed by atoms with Gasteiger partial charge in [0.2, 0.25) is 0 Å². The first-order valence-corrected chi connectivity index (χ1v) is 6.07. The van der Waals surface area contributed by atoms with Gasteiger partial charge in [0.15, 0.2) is 0 Å². The van der Waals surface area contributed by atoms with Gasteiger partial charge < -0.3 is 4.90 Å². The summed E-state index contributed by atoms with van der Waals surface area (Å²) in [6, 6.07) is 11.9. The molecule has 19 heavy (non-hydrogen) atoms. The highest BCUT2D eigenvalue weighted by Gasteiger charge is 2.14. The van der Waals surface area contributed by atoms with Crippen molar-refractivity contribution in [1.29, 1.82) is 10.5 Å². The van der Waals surface area contributed by atoms with Gasteiger partial charge in [-0.2, -0.15) is 10.5 Å². The van der Waals surface area contributed by atoms with Crippen molar-refractivity contribution < 1.29 is 0 Å². The molecule has 1 aromatic rings. The third kappa shape index (κ3) is 2.56. The number of fused-ring (bicyclic) bond motifs is 1. The van der Waals surface area contributed by atoms with Gasteiger partial charge >= 0.3 is 0 Å². The normalized spacial score (nSPS) is 14.5. The van der Waals surface area contributed by atoms with Crippen LogP contribution in [0.2, 0.25) is 0 Å². The van der Waals surface area contributed by atoms with Crippen LogP contribution in [0.5, 0.6) is 0 Å². The Bertz CT molecular complexity index is 635. The second-order valence-corrected chi connectivity index (χ2v) is 4.03. The minimum Gasteiger partial charge on any atom is -0.341 e. The average molecular weight is 247 g/mol. The molecule has 0 aromatic heterocycles. The van der Waals surface area contributed by atoms with Crippen molar-refractivity contribution in [3.63, 3.8) is 0 Å². The summed E-state index contributed by atoms with van der Waals surface area (Å²) in [5, 5.41) is 17.5. The number of likely N-dealkylation sites (N-methyl/N-ethyl adjacent to an activating group) is 1. The third-order valence-corrected chi connectivity index (χ3v) is 2.95. The Balaban J connectivity index is 2.41. The number of anilines is 1. The number of para-hydroxylation sites is 1. The Labute approximate surface area is 113 Å². The second kappa shape index (κ2) is 5.71. The zero-order valence-corrected chi connectivity index (χ0v) is 10.7. The smallest absolute Gasteiger partial charge is 0.129 e.